The molecule has 86 valence electrons. The van der Waals surface area contributed by atoms with Gasteiger partial charge in [0.1, 0.15) is 0 Å². The van der Waals surface area contributed by atoms with Gasteiger partial charge in [0.05, 0.1) is 12.5 Å². The number of rotatable bonds is 3. The van der Waals surface area contributed by atoms with E-state index in [0.29, 0.717) is 28.6 Å². The zero-order chi connectivity index (χ0) is 11.9. The molecule has 1 aliphatic carbocycles. The van der Waals surface area contributed by atoms with E-state index in [-0.39, 0.29) is 5.75 Å². The highest BCUT2D eigenvalue weighted by Crippen LogP contribution is 2.55. The average molecular weight is 287 g/mol. The normalized spacial score (nSPS) is 16.9. The lowest BCUT2D eigenvalue weighted by atomic mass is 9.95. The van der Waals surface area contributed by atoms with Crippen molar-refractivity contribution in [2.75, 3.05) is 7.11 Å². The lowest BCUT2D eigenvalue weighted by Crippen LogP contribution is -2.20. The van der Waals surface area contributed by atoms with E-state index in [1.54, 1.807) is 12.1 Å². The molecule has 0 saturated heterocycles. The van der Waals surface area contributed by atoms with Gasteiger partial charge >= 0.3 is 5.97 Å². The fourth-order valence-corrected chi connectivity index (χ4v) is 2.56. The van der Waals surface area contributed by atoms with Crippen LogP contribution >= 0.6 is 15.9 Å². The third-order valence-electron chi connectivity index (χ3n) is 2.95. The van der Waals surface area contributed by atoms with E-state index in [4.69, 9.17) is 4.74 Å². The molecule has 1 saturated carbocycles. The molecule has 0 aromatic heterocycles. The maximum Gasteiger partial charge on any atom is 0.314 e. The van der Waals surface area contributed by atoms with E-state index in [9.17, 15) is 15.0 Å². The minimum atomic E-state index is -0.947. The van der Waals surface area contributed by atoms with E-state index in [2.05, 4.69) is 15.9 Å². The van der Waals surface area contributed by atoms with Crippen LogP contribution in [-0.4, -0.2) is 23.3 Å². The van der Waals surface area contributed by atoms with Gasteiger partial charge in [0.2, 0.25) is 0 Å². The summed E-state index contributed by atoms with van der Waals surface area (Å²) >= 11 is 3.28. The zero-order valence-electron chi connectivity index (χ0n) is 8.66. The molecule has 16 heavy (non-hydrogen) atoms. The molecule has 1 aromatic carbocycles. The summed E-state index contributed by atoms with van der Waals surface area (Å²) in [6.07, 6.45) is 1.09. The molecule has 0 bridgehead atoms. The van der Waals surface area contributed by atoms with Gasteiger partial charge in [0.25, 0.3) is 0 Å². The smallest absolute Gasteiger partial charge is 0.314 e. The molecule has 5 heteroatoms. The molecule has 2 rings (SSSR count). The molecule has 1 fully saturated rings. The largest absolute Gasteiger partial charge is 0.504 e. The van der Waals surface area contributed by atoms with E-state index >= 15 is 0 Å². The SMILES string of the molecule is COc1ccc(Br)c(C2(C(=O)O)CC2)c1O. The molecule has 2 N–H and O–H groups in total. The molecule has 0 spiro atoms. The van der Waals surface area contributed by atoms with Crippen LogP contribution in [0.5, 0.6) is 11.5 Å². The molecule has 0 unspecified atom stereocenters. The highest BCUT2D eigenvalue weighted by Gasteiger charge is 2.54. The van der Waals surface area contributed by atoms with Crippen molar-refractivity contribution in [2.45, 2.75) is 18.3 Å². The molecule has 1 aliphatic rings. The first-order chi connectivity index (χ1) is 7.53. The van der Waals surface area contributed by atoms with Crippen molar-refractivity contribution in [3.8, 4) is 11.5 Å². The van der Waals surface area contributed by atoms with Gasteiger partial charge in [-0.3, -0.25) is 4.79 Å². The Morgan fingerprint density at radius 1 is 1.50 bits per heavy atom. The van der Waals surface area contributed by atoms with Crippen LogP contribution in [0.15, 0.2) is 16.6 Å². The van der Waals surface area contributed by atoms with E-state index in [1.165, 1.54) is 7.11 Å². The van der Waals surface area contributed by atoms with Crippen LogP contribution in [0.25, 0.3) is 0 Å². The van der Waals surface area contributed by atoms with Crippen molar-refractivity contribution in [1.82, 2.24) is 0 Å². The van der Waals surface area contributed by atoms with Crippen LogP contribution < -0.4 is 4.74 Å². The second-order valence-corrected chi connectivity index (χ2v) is 4.71. The number of carboxylic acids is 1. The van der Waals surface area contributed by atoms with Crippen LogP contribution in [0.2, 0.25) is 0 Å². The van der Waals surface area contributed by atoms with Crippen LogP contribution in [0.4, 0.5) is 0 Å². The molecule has 0 atom stereocenters. The average Bonchev–Trinajstić information content (AvgIpc) is 2.99. The Morgan fingerprint density at radius 2 is 2.12 bits per heavy atom. The molecular weight excluding hydrogens is 276 g/mol. The third kappa shape index (κ3) is 1.46. The maximum atomic E-state index is 11.2. The monoisotopic (exact) mass is 286 g/mol. The van der Waals surface area contributed by atoms with Crippen LogP contribution in [0.1, 0.15) is 18.4 Å². The fraction of sp³-hybridized carbons (Fsp3) is 0.364. The van der Waals surface area contributed by atoms with E-state index in [0.717, 1.165) is 0 Å². The first-order valence-electron chi connectivity index (χ1n) is 4.82. The van der Waals surface area contributed by atoms with Gasteiger partial charge in [-0.2, -0.15) is 0 Å². The summed E-state index contributed by atoms with van der Waals surface area (Å²) < 4.78 is 5.58. The number of hydrogen-bond acceptors (Lipinski definition) is 3. The molecule has 0 radical (unpaired) electrons. The standard InChI is InChI=1S/C11H11BrO4/c1-16-7-3-2-6(12)8(9(7)13)11(4-5-11)10(14)15/h2-3,13H,4-5H2,1H3,(H,14,15). The van der Waals surface area contributed by atoms with E-state index in [1.807, 2.05) is 0 Å². The highest BCUT2D eigenvalue weighted by atomic mass is 79.9. The Morgan fingerprint density at radius 3 is 2.56 bits per heavy atom. The van der Waals surface area contributed by atoms with Gasteiger partial charge in [-0.05, 0) is 25.0 Å². The Balaban J connectivity index is 2.60. The van der Waals surface area contributed by atoms with Crippen molar-refractivity contribution in [1.29, 1.82) is 0 Å². The minimum absolute atomic E-state index is 0.0863. The topological polar surface area (TPSA) is 66.8 Å². The van der Waals surface area contributed by atoms with Gasteiger partial charge in [-0.15, -0.1) is 0 Å². The highest BCUT2D eigenvalue weighted by molar-refractivity contribution is 9.10. The van der Waals surface area contributed by atoms with Gasteiger partial charge in [-0.25, -0.2) is 0 Å². The van der Waals surface area contributed by atoms with Crippen LogP contribution in [-0.2, 0) is 10.2 Å². The number of ether oxygens (including phenoxy) is 1. The van der Waals surface area contributed by atoms with Crippen molar-refractivity contribution in [3.05, 3.63) is 22.2 Å². The second kappa shape index (κ2) is 3.66. The summed E-state index contributed by atoms with van der Waals surface area (Å²) in [6, 6.07) is 3.29. The first kappa shape index (κ1) is 11.3. The summed E-state index contributed by atoms with van der Waals surface area (Å²) in [5.41, 5.74) is -0.531. The Hall–Kier alpha value is -1.23. The third-order valence-corrected chi connectivity index (χ3v) is 3.61. The molecule has 4 nitrogen and oxygen atoms in total. The number of phenols is 1. The lowest BCUT2D eigenvalue weighted by molar-refractivity contribution is -0.140. The Bertz CT molecular complexity index is 452. The maximum absolute atomic E-state index is 11.2. The Labute approximate surface area is 101 Å². The number of aromatic hydroxyl groups is 1. The number of aliphatic carboxylic acids is 1. The number of phenolic OH excluding ortho intramolecular Hbond substituents is 1. The number of halogens is 1. The minimum Gasteiger partial charge on any atom is -0.504 e. The number of hydrogen-bond donors (Lipinski definition) is 2. The van der Waals surface area contributed by atoms with Gasteiger partial charge in [0.15, 0.2) is 11.5 Å². The van der Waals surface area contributed by atoms with Gasteiger partial charge < -0.3 is 14.9 Å². The van der Waals surface area contributed by atoms with E-state index < -0.39 is 11.4 Å². The molecule has 0 aliphatic heterocycles. The van der Waals surface area contributed by atoms with Crippen LogP contribution in [0.3, 0.4) is 0 Å². The predicted molar refractivity (Wildman–Crippen MR) is 60.9 cm³/mol. The summed E-state index contributed by atoms with van der Waals surface area (Å²) in [5, 5.41) is 19.2. The number of benzene rings is 1. The van der Waals surface area contributed by atoms with Crippen molar-refractivity contribution >= 4 is 21.9 Å². The quantitative estimate of drug-likeness (QED) is 0.895. The van der Waals surface area contributed by atoms with Crippen molar-refractivity contribution < 1.29 is 19.7 Å². The van der Waals surface area contributed by atoms with Crippen LogP contribution in [0, 0.1) is 0 Å². The van der Waals surface area contributed by atoms with Gasteiger partial charge in [0, 0.05) is 10.0 Å². The number of carbonyl (C=O) groups is 1. The molecule has 0 amide bonds. The predicted octanol–water partition coefficient (Wildman–Crippen LogP) is 2.28. The molecule has 1 aromatic rings. The number of carboxylic acid groups (broad SMARTS) is 1. The summed E-state index contributed by atoms with van der Waals surface area (Å²) in [5.74, 6) is -0.695. The van der Waals surface area contributed by atoms with Crippen molar-refractivity contribution in [2.24, 2.45) is 0 Å². The zero-order valence-corrected chi connectivity index (χ0v) is 10.2. The Kier molecular flexibility index (Phi) is 2.58. The number of methoxy groups -OCH3 is 1. The first-order valence-corrected chi connectivity index (χ1v) is 5.61. The summed E-state index contributed by atoms with van der Waals surface area (Å²) in [4.78, 5) is 11.2. The summed E-state index contributed by atoms with van der Waals surface area (Å²) in [7, 11) is 1.44. The summed E-state index contributed by atoms with van der Waals surface area (Å²) in [6.45, 7) is 0. The molecule has 0 heterocycles. The molecular formula is C11H11BrO4. The lowest BCUT2D eigenvalue weighted by Gasteiger charge is -2.16. The second-order valence-electron chi connectivity index (χ2n) is 3.86. The van der Waals surface area contributed by atoms with Gasteiger partial charge in [-0.1, -0.05) is 15.9 Å². The van der Waals surface area contributed by atoms with Crippen molar-refractivity contribution in [3.63, 3.8) is 0 Å². The fourth-order valence-electron chi connectivity index (χ4n) is 1.86.